The molecule has 6 nitrogen and oxygen atoms in total. The average molecular weight is 431 g/mol. The van der Waals surface area contributed by atoms with Crippen molar-refractivity contribution in [1.82, 2.24) is 9.80 Å². The Balaban J connectivity index is 1.75. The molecular formula is C23H27F2N3O3. The third-order valence-electron chi connectivity index (χ3n) is 5.36. The number of hydrogen-bond donors (Lipinski definition) is 0. The van der Waals surface area contributed by atoms with Crippen LogP contribution in [0.3, 0.4) is 0 Å². The van der Waals surface area contributed by atoms with Crippen LogP contribution >= 0.6 is 0 Å². The number of hydrogen-bond acceptors (Lipinski definition) is 4. The van der Waals surface area contributed by atoms with E-state index < -0.39 is 17.6 Å². The fourth-order valence-corrected chi connectivity index (χ4v) is 3.59. The normalized spacial score (nSPS) is 16.1. The van der Waals surface area contributed by atoms with E-state index in [2.05, 4.69) is 0 Å². The summed E-state index contributed by atoms with van der Waals surface area (Å²) < 4.78 is 32.6. The quantitative estimate of drug-likeness (QED) is 0.645. The maximum Gasteiger partial charge on any atom is 0.228 e. The van der Waals surface area contributed by atoms with Gasteiger partial charge in [0, 0.05) is 49.9 Å². The van der Waals surface area contributed by atoms with Crippen LogP contribution in [0.25, 0.3) is 0 Å². The molecule has 0 aliphatic carbocycles. The second-order valence-corrected chi connectivity index (χ2v) is 7.90. The number of methoxy groups -OCH3 is 1. The summed E-state index contributed by atoms with van der Waals surface area (Å²) in [6.07, 6.45) is 0.0925. The van der Waals surface area contributed by atoms with Gasteiger partial charge in [0.25, 0.3) is 0 Å². The summed E-state index contributed by atoms with van der Waals surface area (Å²) in [5.41, 5.74) is 0.940. The Hall–Kier alpha value is -3.00. The lowest BCUT2D eigenvalue weighted by Crippen LogP contribution is -2.40. The van der Waals surface area contributed by atoms with Crippen LogP contribution in [-0.4, -0.2) is 62.5 Å². The Bertz CT molecular complexity index is 934. The first kappa shape index (κ1) is 22.7. The Morgan fingerprint density at radius 1 is 1.13 bits per heavy atom. The lowest BCUT2D eigenvalue weighted by Gasteiger charge is -2.27. The van der Waals surface area contributed by atoms with Crippen LogP contribution in [0.5, 0.6) is 5.75 Å². The smallest absolute Gasteiger partial charge is 0.228 e. The van der Waals surface area contributed by atoms with E-state index in [0.717, 1.165) is 6.07 Å². The summed E-state index contributed by atoms with van der Waals surface area (Å²) in [5, 5.41) is 0. The molecule has 1 unspecified atom stereocenters. The molecule has 8 heteroatoms. The van der Waals surface area contributed by atoms with Crippen LogP contribution in [0.4, 0.5) is 14.5 Å². The maximum absolute atomic E-state index is 14.2. The molecule has 2 amide bonds. The highest BCUT2D eigenvalue weighted by Gasteiger charge is 2.37. The van der Waals surface area contributed by atoms with Gasteiger partial charge in [-0.1, -0.05) is 6.07 Å². The van der Waals surface area contributed by atoms with Crippen molar-refractivity contribution >= 4 is 17.5 Å². The monoisotopic (exact) mass is 431 g/mol. The highest BCUT2D eigenvalue weighted by Crippen LogP contribution is 2.28. The molecule has 1 aliphatic rings. The zero-order valence-electron chi connectivity index (χ0n) is 18.0. The summed E-state index contributed by atoms with van der Waals surface area (Å²) in [6, 6.07) is 10.4. The second kappa shape index (κ2) is 9.87. The lowest BCUT2D eigenvalue weighted by atomic mass is 10.1. The predicted molar refractivity (Wildman–Crippen MR) is 114 cm³/mol. The molecule has 2 aromatic carbocycles. The van der Waals surface area contributed by atoms with Crippen molar-refractivity contribution < 1.29 is 23.1 Å². The number of ether oxygens (including phenoxy) is 1. The molecule has 3 rings (SSSR count). The van der Waals surface area contributed by atoms with Gasteiger partial charge in [-0.05, 0) is 44.4 Å². The topological polar surface area (TPSA) is 53.1 Å². The van der Waals surface area contributed by atoms with E-state index in [-0.39, 0.29) is 36.9 Å². The van der Waals surface area contributed by atoms with Crippen molar-refractivity contribution in [2.24, 2.45) is 5.92 Å². The Kier molecular flexibility index (Phi) is 7.22. The van der Waals surface area contributed by atoms with E-state index in [9.17, 15) is 18.4 Å². The van der Waals surface area contributed by atoms with E-state index in [1.165, 1.54) is 12.1 Å². The Morgan fingerprint density at radius 2 is 1.84 bits per heavy atom. The summed E-state index contributed by atoms with van der Waals surface area (Å²) in [5.74, 6) is -1.55. The van der Waals surface area contributed by atoms with Crippen molar-refractivity contribution in [3.05, 3.63) is 59.7 Å². The van der Waals surface area contributed by atoms with Crippen molar-refractivity contribution in [1.29, 1.82) is 0 Å². The fraction of sp³-hybridized carbons (Fsp3) is 0.391. The molecule has 1 aliphatic heterocycles. The zero-order valence-corrected chi connectivity index (χ0v) is 18.0. The lowest BCUT2D eigenvalue weighted by molar-refractivity contribution is -0.136. The molecule has 0 spiro atoms. The van der Waals surface area contributed by atoms with Crippen molar-refractivity contribution in [3.63, 3.8) is 0 Å². The number of benzene rings is 2. The van der Waals surface area contributed by atoms with E-state index in [4.69, 9.17) is 4.74 Å². The van der Waals surface area contributed by atoms with E-state index in [1.807, 2.05) is 19.0 Å². The molecular weight excluding hydrogens is 404 g/mol. The third-order valence-corrected chi connectivity index (χ3v) is 5.36. The number of likely N-dealkylation sites (N-methyl/N-ethyl adjacent to an activating group) is 1. The van der Waals surface area contributed by atoms with Gasteiger partial charge in [0.05, 0.1) is 13.0 Å². The summed E-state index contributed by atoms with van der Waals surface area (Å²) in [7, 11) is 5.33. The highest BCUT2D eigenvalue weighted by atomic mass is 19.1. The van der Waals surface area contributed by atoms with Crippen LogP contribution in [0.1, 0.15) is 12.0 Å². The van der Waals surface area contributed by atoms with Gasteiger partial charge in [-0.15, -0.1) is 0 Å². The van der Waals surface area contributed by atoms with Gasteiger partial charge in [-0.25, -0.2) is 8.78 Å². The highest BCUT2D eigenvalue weighted by molar-refractivity contribution is 6.00. The number of rotatable bonds is 8. The minimum atomic E-state index is -0.690. The van der Waals surface area contributed by atoms with Gasteiger partial charge < -0.3 is 19.4 Å². The van der Waals surface area contributed by atoms with E-state index >= 15 is 0 Å². The molecule has 0 N–H and O–H groups in total. The minimum absolute atomic E-state index is 0.0199. The number of anilines is 1. The van der Waals surface area contributed by atoms with Gasteiger partial charge in [0.2, 0.25) is 11.8 Å². The molecule has 166 valence electrons. The van der Waals surface area contributed by atoms with Crippen LogP contribution in [-0.2, 0) is 16.1 Å². The summed E-state index contributed by atoms with van der Waals surface area (Å²) in [4.78, 5) is 30.9. The first-order chi connectivity index (χ1) is 14.8. The van der Waals surface area contributed by atoms with Gasteiger partial charge in [0.15, 0.2) is 0 Å². The molecule has 0 aromatic heterocycles. The van der Waals surface area contributed by atoms with Gasteiger partial charge in [-0.2, -0.15) is 0 Å². The number of carbonyl (C=O) groups excluding carboxylic acids is 2. The molecule has 0 bridgehead atoms. The third kappa shape index (κ3) is 5.58. The van der Waals surface area contributed by atoms with Gasteiger partial charge >= 0.3 is 0 Å². The predicted octanol–water partition coefficient (Wildman–Crippen LogP) is 2.92. The van der Waals surface area contributed by atoms with E-state index in [1.54, 1.807) is 41.2 Å². The maximum atomic E-state index is 14.2. The van der Waals surface area contributed by atoms with E-state index in [0.29, 0.717) is 24.5 Å². The van der Waals surface area contributed by atoms with Crippen LogP contribution in [0, 0.1) is 17.6 Å². The molecule has 1 saturated heterocycles. The molecule has 31 heavy (non-hydrogen) atoms. The minimum Gasteiger partial charge on any atom is -0.497 e. The Morgan fingerprint density at radius 3 is 2.45 bits per heavy atom. The molecule has 1 fully saturated rings. The fourth-order valence-electron chi connectivity index (χ4n) is 3.59. The number of halogens is 2. The van der Waals surface area contributed by atoms with Crippen LogP contribution in [0.2, 0.25) is 0 Å². The van der Waals surface area contributed by atoms with Crippen molar-refractivity contribution in [3.8, 4) is 5.75 Å². The summed E-state index contributed by atoms with van der Waals surface area (Å²) >= 11 is 0. The van der Waals surface area contributed by atoms with Crippen molar-refractivity contribution in [2.75, 3.05) is 45.7 Å². The number of nitrogens with zero attached hydrogens (tertiary/aromatic N) is 3. The molecule has 1 heterocycles. The largest absolute Gasteiger partial charge is 0.497 e. The first-order valence-electron chi connectivity index (χ1n) is 10.1. The molecule has 2 aromatic rings. The average Bonchev–Trinajstić information content (AvgIpc) is 3.13. The molecule has 0 saturated carbocycles. The Labute approximate surface area is 181 Å². The molecule has 0 radical (unpaired) electrons. The van der Waals surface area contributed by atoms with Crippen molar-refractivity contribution in [2.45, 2.75) is 13.0 Å². The van der Waals surface area contributed by atoms with Crippen LogP contribution < -0.4 is 9.64 Å². The number of amides is 2. The van der Waals surface area contributed by atoms with Crippen LogP contribution in [0.15, 0.2) is 42.5 Å². The first-order valence-corrected chi connectivity index (χ1v) is 10.1. The van der Waals surface area contributed by atoms with Gasteiger partial charge in [0.1, 0.15) is 17.4 Å². The second-order valence-electron chi connectivity index (χ2n) is 7.90. The SMILES string of the molecule is COc1ccc(N2CC(C(=O)N(CCN(C)C)Cc3ccc(F)cc3F)CC2=O)cc1. The van der Waals surface area contributed by atoms with Gasteiger partial charge in [-0.3, -0.25) is 9.59 Å². The standard InChI is InChI=1S/C23H27F2N3O3/c1-26(2)10-11-27(14-16-4-5-18(24)13-21(16)25)23(30)17-12-22(29)28(15-17)19-6-8-20(31-3)9-7-19/h4-9,13,17H,10-12,14-15H2,1-3H3. The number of carbonyl (C=O) groups is 2. The zero-order chi connectivity index (χ0) is 22.5. The molecule has 1 atom stereocenters. The summed E-state index contributed by atoms with van der Waals surface area (Å²) in [6.45, 7) is 1.23.